The van der Waals surface area contributed by atoms with Crippen LogP contribution in [0.5, 0.6) is 0 Å². The molecular weight excluding hydrogens is 202 g/mol. The predicted molar refractivity (Wildman–Crippen MR) is 51.6 cm³/mol. The van der Waals surface area contributed by atoms with Gasteiger partial charge in [-0.05, 0) is 19.1 Å². The highest BCUT2D eigenvalue weighted by Gasteiger charge is 2.25. The fraction of sp³-hybridized carbons (Fsp3) is 0.100. The number of hydrogen-bond acceptors (Lipinski definition) is 3. The number of aromatic nitrogens is 1. The molecule has 0 saturated heterocycles. The number of ketones is 2. The van der Waals surface area contributed by atoms with E-state index in [1.807, 2.05) is 0 Å². The van der Waals surface area contributed by atoms with E-state index in [4.69, 9.17) is 11.6 Å². The van der Waals surface area contributed by atoms with Crippen molar-refractivity contribution >= 4 is 23.2 Å². The zero-order valence-corrected chi connectivity index (χ0v) is 8.13. The Hall–Kier alpha value is -1.48. The van der Waals surface area contributed by atoms with Gasteiger partial charge in [0, 0.05) is 11.8 Å². The van der Waals surface area contributed by atoms with Crippen LogP contribution < -0.4 is 0 Å². The zero-order valence-electron chi connectivity index (χ0n) is 7.37. The monoisotopic (exact) mass is 207 g/mol. The predicted octanol–water partition coefficient (Wildman–Crippen LogP) is 1.89. The number of fused-ring (bicyclic) bond motifs is 1. The molecule has 4 heteroatoms. The molecule has 0 aromatic carbocycles. The molecule has 0 atom stereocenters. The molecule has 0 aliphatic heterocycles. The largest absolute Gasteiger partial charge is 0.289 e. The molecule has 1 aromatic rings. The lowest BCUT2D eigenvalue weighted by Gasteiger charge is -2.10. The lowest BCUT2D eigenvalue weighted by Crippen LogP contribution is -2.16. The molecular formula is C10H6ClNO2. The first kappa shape index (κ1) is 9.09. The van der Waals surface area contributed by atoms with Gasteiger partial charge in [0.1, 0.15) is 5.69 Å². The smallest absolute Gasteiger partial charge is 0.223 e. The lowest BCUT2D eigenvalue weighted by atomic mass is 9.99. The molecule has 14 heavy (non-hydrogen) atoms. The van der Waals surface area contributed by atoms with Crippen LogP contribution >= 0.6 is 11.6 Å². The first-order valence-electron chi connectivity index (χ1n) is 4.03. The number of nitrogens with zero attached hydrogens (tertiary/aromatic N) is 1. The van der Waals surface area contributed by atoms with Gasteiger partial charge in [-0.25, -0.2) is 4.98 Å². The molecule has 1 aliphatic rings. The second kappa shape index (κ2) is 3.03. The zero-order chi connectivity index (χ0) is 10.3. The second-order valence-electron chi connectivity index (χ2n) is 3.03. The Bertz CT molecular complexity index is 477. The van der Waals surface area contributed by atoms with Gasteiger partial charge in [0.25, 0.3) is 0 Å². The van der Waals surface area contributed by atoms with E-state index in [-0.39, 0.29) is 22.3 Å². The molecule has 0 unspecified atom stereocenters. The van der Waals surface area contributed by atoms with Crippen LogP contribution in [0.4, 0.5) is 0 Å². The van der Waals surface area contributed by atoms with Crippen LogP contribution in [0.2, 0.25) is 0 Å². The minimum absolute atomic E-state index is 0.0689. The topological polar surface area (TPSA) is 47.0 Å². The quantitative estimate of drug-likeness (QED) is 0.653. The Morgan fingerprint density at radius 3 is 2.71 bits per heavy atom. The second-order valence-corrected chi connectivity index (χ2v) is 3.44. The van der Waals surface area contributed by atoms with E-state index in [0.29, 0.717) is 11.3 Å². The molecule has 0 saturated carbocycles. The van der Waals surface area contributed by atoms with Crippen molar-refractivity contribution in [1.29, 1.82) is 0 Å². The molecule has 0 bridgehead atoms. The number of carbonyl (C=O) groups excluding carboxylic acids is 2. The van der Waals surface area contributed by atoms with E-state index in [9.17, 15) is 9.59 Å². The number of allylic oxidation sites excluding steroid dienone is 2. The van der Waals surface area contributed by atoms with E-state index >= 15 is 0 Å². The number of rotatable bonds is 0. The summed E-state index contributed by atoms with van der Waals surface area (Å²) in [5.41, 5.74) is 1.17. The summed E-state index contributed by atoms with van der Waals surface area (Å²) >= 11 is 5.59. The molecule has 0 amide bonds. The number of halogens is 1. The summed E-state index contributed by atoms with van der Waals surface area (Å²) in [5.74, 6) is -0.651. The molecule has 0 fully saturated rings. The van der Waals surface area contributed by atoms with Crippen LogP contribution in [0.1, 0.15) is 26.5 Å². The minimum atomic E-state index is -0.384. The van der Waals surface area contributed by atoms with Gasteiger partial charge in [-0.2, -0.15) is 0 Å². The highest BCUT2D eigenvalue weighted by atomic mass is 35.5. The fourth-order valence-electron chi connectivity index (χ4n) is 1.30. The number of hydrogen-bond donors (Lipinski definition) is 0. The lowest BCUT2D eigenvalue weighted by molar-refractivity contribution is 0.0986. The van der Waals surface area contributed by atoms with Gasteiger partial charge >= 0.3 is 0 Å². The van der Waals surface area contributed by atoms with Gasteiger partial charge in [0.15, 0.2) is 5.78 Å². The van der Waals surface area contributed by atoms with Crippen molar-refractivity contribution in [2.75, 3.05) is 0 Å². The molecule has 0 N–H and O–H groups in total. The number of carbonyl (C=O) groups is 2. The molecule has 0 radical (unpaired) electrons. The van der Waals surface area contributed by atoms with Crippen molar-refractivity contribution < 1.29 is 9.59 Å². The van der Waals surface area contributed by atoms with Crippen LogP contribution in [0.3, 0.4) is 0 Å². The summed E-state index contributed by atoms with van der Waals surface area (Å²) in [7, 11) is 0. The van der Waals surface area contributed by atoms with E-state index in [1.54, 1.807) is 19.1 Å². The summed E-state index contributed by atoms with van der Waals surface area (Å²) in [4.78, 5) is 26.9. The van der Waals surface area contributed by atoms with Crippen LogP contribution in [-0.2, 0) is 0 Å². The summed E-state index contributed by atoms with van der Waals surface area (Å²) < 4.78 is 0. The number of Topliss-reactive ketones (excluding diaryl/α,β-unsaturated/α-hetero) is 1. The third-order valence-electron chi connectivity index (χ3n) is 1.99. The molecule has 70 valence electrons. The standard InChI is InChI=1S/C10H6ClNO2/c1-5-2-3-6-8(13)4-7(11)10(14)9(6)12-5/h2-4H,1H3. The highest BCUT2D eigenvalue weighted by Crippen LogP contribution is 2.21. The molecule has 0 spiro atoms. The number of aryl methyl sites for hydroxylation is 1. The first-order valence-corrected chi connectivity index (χ1v) is 4.41. The van der Waals surface area contributed by atoms with Gasteiger partial charge in [-0.3, -0.25) is 9.59 Å². The van der Waals surface area contributed by atoms with Gasteiger partial charge in [0.2, 0.25) is 5.78 Å². The van der Waals surface area contributed by atoms with Crippen molar-refractivity contribution in [2.45, 2.75) is 6.92 Å². The molecule has 2 rings (SSSR count). The third kappa shape index (κ3) is 1.26. The summed E-state index contributed by atoms with van der Waals surface area (Å²) in [6, 6.07) is 3.29. The van der Waals surface area contributed by atoms with Crippen LogP contribution in [0.15, 0.2) is 23.2 Å². The SMILES string of the molecule is Cc1ccc2c(n1)C(=O)C(Cl)=CC2=O. The van der Waals surface area contributed by atoms with Gasteiger partial charge < -0.3 is 0 Å². The van der Waals surface area contributed by atoms with E-state index < -0.39 is 0 Å². The Morgan fingerprint density at radius 2 is 2.00 bits per heavy atom. The van der Waals surface area contributed by atoms with Crippen molar-refractivity contribution in [1.82, 2.24) is 4.98 Å². The van der Waals surface area contributed by atoms with E-state index in [2.05, 4.69) is 4.98 Å². The average Bonchev–Trinajstić information content (AvgIpc) is 2.14. The van der Waals surface area contributed by atoms with Crippen molar-refractivity contribution in [3.63, 3.8) is 0 Å². The molecule has 1 aromatic heterocycles. The molecule has 3 nitrogen and oxygen atoms in total. The Morgan fingerprint density at radius 1 is 1.29 bits per heavy atom. The van der Waals surface area contributed by atoms with Gasteiger partial charge in [0.05, 0.1) is 10.6 Å². The summed E-state index contributed by atoms with van der Waals surface area (Å²) in [6.07, 6.45) is 1.13. The summed E-state index contributed by atoms with van der Waals surface area (Å²) in [5, 5.41) is -0.0689. The first-order chi connectivity index (χ1) is 6.59. The highest BCUT2D eigenvalue weighted by molar-refractivity contribution is 6.48. The number of pyridine rings is 1. The normalized spacial score (nSPS) is 15.1. The van der Waals surface area contributed by atoms with Crippen LogP contribution in [-0.4, -0.2) is 16.6 Å². The summed E-state index contributed by atoms with van der Waals surface area (Å²) in [6.45, 7) is 1.75. The Balaban J connectivity index is 2.69. The van der Waals surface area contributed by atoms with E-state index in [0.717, 1.165) is 6.08 Å². The maximum atomic E-state index is 11.5. The van der Waals surface area contributed by atoms with Crippen LogP contribution in [0, 0.1) is 6.92 Å². The Kier molecular flexibility index (Phi) is 1.97. The molecule has 1 aliphatic carbocycles. The van der Waals surface area contributed by atoms with Crippen molar-refractivity contribution in [2.24, 2.45) is 0 Å². The van der Waals surface area contributed by atoms with E-state index in [1.165, 1.54) is 0 Å². The fourth-order valence-corrected chi connectivity index (χ4v) is 1.49. The average molecular weight is 208 g/mol. The maximum absolute atomic E-state index is 11.5. The van der Waals surface area contributed by atoms with Gasteiger partial charge in [-0.1, -0.05) is 11.6 Å². The Labute approximate surface area is 85.4 Å². The van der Waals surface area contributed by atoms with Gasteiger partial charge in [-0.15, -0.1) is 0 Å². The maximum Gasteiger partial charge on any atom is 0.223 e. The van der Waals surface area contributed by atoms with Crippen molar-refractivity contribution in [3.05, 3.63) is 40.2 Å². The third-order valence-corrected chi connectivity index (χ3v) is 2.27. The minimum Gasteiger partial charge on any atom is -0.289 e. The molecule has 1 heterocycles. The van der Waals surface area contributed by atoms with Crippen molar-refractivity contribution in [3.8, 4) is 0 Å². The van der Waals surface area contributed by atoms with Crippen LogP contribution in [0.25, 0.3) is 0 Å².